The second-order valence-corrected chi connectivity index (χ2v) is 6.82. The van der Waals surface area contributed by atoms with Crippen LogP contribution in [0.15, 0.2) is 36.4 Å². The Kier molecular flexibility index (Phi) is 6.26. The maximum atomic E-state index is 14.1. The van der Waals surface area contributed by atoms with Crippen LogP contribution in [0, 0.1) is 19.7 Å². The number of hydrogen-bond acceptors (Lipinski definition) is 4. The van der Waals surface area contributed by atoms with Crippen LogP contribution in [0.4, 0.5) is 10.3 Å². The van der Waals surface area contributed by atoms with Gasteiger partial charge in [-0.3, -0.25) is 4.79 Å². The van der Waals surface area contributed by atoms with Gasteiger partial charge in [0.25, 0.3) is 0 Å². The van der Waals surface area contributed by atoms with E-state index in [2.05, 4.69) is 20.6 Å². The first-order chi connectivity index (χ1) is 13.5. The maximum Gasteiger partial charge on any atom is 0.222 e. The van der Waals surface area contributed by atoms with Crippen molar-refractivity contribution in [3.05, 3.63) is 58.9 Å². The smallest absolute Gasteiger partial charge is 0.222 e. The van der Waals surface area contributed by atoms with Crippen molar-refractivity contribution >= 4 is 22.9 Å². The number of anilines is 1. The minimum absolute atomic E-state index is 0.120. The van der Waals surface area contributed by atoms with Crippen molar-refractivity contribution in [2.24, 2.45) is 0 Å². The summed E-state index contributed by atoms with van der Waals surface area (Å²) in [6, 6.07) is 10.9. The first-order valence-electron chi connectivity index (χ1n) is 9.21. The summed E-state index contributed by atoms with van der Waals surface area (Å²) < 4.78 is 19.0. The number of methoxy groups -OCH3 is 1. The Morgan fingerprint density at radius 3 is 2.64 bits per heavy atom. The lowest BCUT2D eigenvalue weighted by Crippen LogP contribution is -2.30. The van der Waals surface area contributed by atoms with Gasteiger partial charge in [-0.05, 0) is 42.7 Å². The van der Waals surface area contributed by atoms with E-state index in [4.69, 9.17) is 4.74 Å². The standard InChI is InChI=1S/C21H25FN4O2/c1-13-10-15(11-14(2)20(13)22)18(12-19(27)23-8-9-28-3)26-21-24-16-6-4-5-7-17(16)25-21/h4-7,10-11,18H,8-9,12H2,1-3H3,(H,23,27)(H2,24,25,26). The minimum atomic E-state index is -0.360. The van der Waals surface area contributed by atoms with Gasteiger partial charge in [0.1, 0.15) is 5.82 Å². The Morgan fingerprint density at radius 1 is 1.25 bits per heavy atom. The second-order valence-electron chi connectivity index (χ2n) is 6.82. The molecule has 0 saturated heterocycles. The molecule has 1 atom stereocenters. The largest absolute Gasteiger partial charge is 0.383 e. The molecule has 1 heterocycles. The van der Waals surface area contributed by atoms with Gasteiger partial charge >= 0.3 is 0 Å². The molecule has 0 spiro atoms. The van der Waals surface area contributed by atoms with Gasteiger partial charge in [-0.25, -0.2) is 9.37 Å². The Bertz CT molecular complexity index is 914. The fourth-order valence-corrected chi connectivity index (χ4v) is 3.17. The summed E-state index contributed by atoms with van der Waals surface area (Å²) in [5.74, 6) is 0.219. The van der Waals surface area contributed by atoms with E-state index in [0.717, 1.165) is 16.6 Å². The van der Waals surface area contributed by atoms with E-state index in [1.807, 2.05) is 24.3 Å². The summed E-state index contributed by atoms with van der Waals surface area (Å²) in [4.78, 5) is 20.1. The molecule has 0 aliphatic heterocycles. The van der Waals surface area contributed by atoms with Crippen LogP contribution in [0.25, 0.3) is 11.0 Å². The van der Waals surface area contributed by atoms with Gasteiger partial charge in [-0.1, -0.05) is 24.3 Å². The number of aryl methyl sites for hydroxylation is 2. The number of nitrogens with one attached hydrogen (secondary N) is 3. The second kappa shape index (κ2) is 8.84. The third kappa shape index (κ3) is 4.67. The van der Waals surface area contributed by atoms with E-state index < -0.39 is 0 Å². The van der Waals surface area contributed by atoms with E-state index in [0.29, 0.717) is 30.2 Å². The lowest BCUT2D eigenvalue weighted by Gasteiger charge is -2.20. The van der Waals surface area contributed by atoms with Gasteiger partial charge in [0.2, 0.25) is 11.9 Å². The zero-order valence-electron chi connectivity index (χ0n) is 16.3. The maximum absolute atomic E-state index is 14.1. The normalized spacial score (nSPS) is 12.1. The number of fused-ring (bicyclic) bond motifs is 1. The molecule has 0 aliphatic carbocycles. The molecule has 1 unspecified atom stereocenters. The minimum Gasteiger partial charge on any atom is -0.383 e. The number of amides is 1. The number of benzene rings is 2. The van der Waals surface area contributed by atoms with Crippen molar-refractivity contribution < 1.29 is 13.9 Å². The first-order valence-corrected chi connectivity index (χ1v) is 9.21. The molecule has 3 N–H and O–H groups in total. The molecule has 148 valence electrons. The molecule has 28 heavy (non-hydrogen) atoms. The molecule has 2 aromatic carbocycles. The number of halogens is 1. The number of imidazole rings is 1. The van der Waals surface area contributed by atoms with Gasteiger partial charge in [0.05, 0.1) is 30.1 Å². The van der Waals surface area contributed by atoms with Crippen molar-refractivity contribution in [3.8, 4) is 0 Å². The first kappa shape index (κ1) is 19.8. The Morgan fingerprint density at radius 2 is 1.96 bits per heavy atom. The fourth-order valence-electron chi connectivity index (χ4n) is 3.17. The highest BCUT2D eigenvalue weighted by Crippen LogP contribution is 2.26. The number of H-pyrrole nitrogens is 1. The predicted octanol–water partition coefficient (Wildman–Crippen LogP) is 3.62. The monoisotopic (exact) mass is 384 g/mol. The van der Waals surface area contributed by atoms with Gasteiger partial charge in [0.15, 0.2) is 0 Å². The highest BCUT2D eigenvalue weighted by Gasteiger charge is 2.19. The quantitative estimate of drug-likeness (QED) is 0.518. The SMILES string of the molecule is COCCNC(=O)CC(Nc1nc2ccccc2[nH]1)c1cc(C)c(F)c(C)c1. The molecule has 1 aromatic heterocycles. The number of ether oxygens (including phenoxy) is 1. The number of nitrogens with zero attached hydrogens (tertiary/aromatic N) is 1. The molecule has 0 saturated carbocycles. The summed E-state index contributed by atoms with van der Waals surface area (Å²) >= 11 is 0. The summed E-state index contributed by atoms with van der Waals surface area (Å²) in [5.41, 5.74) is 3.66. The topological polar surface area (TPSA) is 79.0 Å². The van der Waals surface area contributed by atoms with Crippen LogP contribution in [0.5, 0.6) is 0 Å². The molecule has 6 nitrogen and oxygen atoms in total. The van der Waals surface area contributed by atoms with Gasteiger partial charge in [-0.2, -0.15) is 0 Å². The van der Waals surface area contributed by atoms with Crippen LogP contribution >= 0.6 is 0 Å². The molecular formula is C21H25FN4O2. The molecule has 1 amide bonds. The predicted molar refractivity (Wildman–Crippen MR) is 108 cm³/mol. The van der Waals surface area contributed by atoms with Crippen molar-refractivity contribution in [3.63, 3.8) is 0 Å². The molecule has 0 bridgehead atoms. The molecule has 0 fully saturated rings. The fraction of sp³-hybridized carbons (Fsp3) is 0.333. The Labute approximate surface area is 163 Å². The number of rotatable bonds is 8. The van der Waals surface area contributed by atoms with Gasteiger partial charge in [-0.15, -0.1) is 0 Å². The van der Waals surface area contributed by atoms with Crippen LogP contribution in [0.1, 0.15) is 29.2 Å². The van der Waals surface area contributed by atoms with E-state index in [1.165, 1.54) is 0 Å². The molecule has 7 heteroatoms. The number of para-hydroxylation sites is 2. The average Bonchev–Trinajstić information content (AvgIpc) is 3.08. The number of aromatic nitrogens is 2. The average molecular weight is 384 g/mol. The zero-order valence-corrected chi connectivity index (χ0v) is 16.3. The van der Waals surface area contributed by atoms with Crippen LogP contribution in [-0.2, 0) is 9.53 Å². The number of aromatic amines is 1. The van der Waals surface area contributed by atoms with E-state index >= 15 is 0 Å². The van der Waals surface area contributed by atoms with Crippen molar-refractivity contribution in [1.29, 1.82) is 0 Å². The highest BCUT2D eigenvalue weighted by atomic mass is 19.1. The highest BCUT2D eigenvalue weighted by molar-refractivity contribution is 5.79. The van der Waals surface area contributed by atoms with Crippen LogP contribution in [-0.4, -0.2) is 36.1 Å². The molecule has 0 radical (unpaired) electrons. The Hall–Kier alpha value is -2.93. The number of hydrogen-bond donors (Lipinski definition) is 3. The molecule has 3 rings (SSSR count). The molecule has 3 aromatic rings. The van der Waals surface area contributed by atoms with E-state index in [-0.39, 0.29) is 24.2 Å². The third-order valence-corrected chi connectivity index (χ3v) is 4.58. The summed E-state index contributed by atoms with van der Waals surface area (Å²) in [5, 5.41) is 6.13. The molecule has 0 aliphatic rings. The summed E-state index contributed by atoms with van der Waals surface area (Å²) in [6.07, 6.45) is 0.186. The lowest BCUT2D eigenvalue weighted by atomic mass is 9.98. The summed E-state index contributed by atoms with van der Waals surface area (Å²) in [7, 11) is 1.59. The van der Waals surface area contributed by atoms with Gasteiger partial charge < -0.3 is 20.4 Å². The van der Waals surface area contributed by atoms with Crippen molar-refractivity contribution in [2.45, 2.75) is 26.3 Å². The Balaban J connectivity index is 1.86. The zero-order chi connectivity index (χ0) is 20.1. The van der Waals surface area contributed by atoms with E-state index in [1.54, 1.807) is 33.1 Å². The van der Waals surface area contributed by atoms with E-state index in [9.17, 15) is 9.18 Å². The summed E-state index contributed by atoms with van der Waals surface area (Å²) in [6.45, 7) is 4.34. The third-order valence-electron chi connectivity index (χ3n) is 4.58. The van der Waals surface area contributed by atoms with Crippen LogP contribution in [0.3, 0.4) is 0 Å². The number of carbonyl (C=O) groups is 1. The van der Waals surface area contributed by atoms with Crippen LogP contribution < -0.4 is 10.6 Å². The van der Waals surface area contributed by atoms with Crippen molar-refractivity contribution in [1.82, 2.24) is 15.3 Å². The van der Waals surface area contributed by atoms with Crippen LogP contribution in [0.2, 0.25) is 0 Å². The lowest BCUT2D eigenvalue weighted by molar-refractivity contribution is -0.121. The molecular weight excluding hydrogens is 359 g/mol. The number of carbonyl (C=O) groups excluding carboxylic acids is 1. The van der Waals surface area contributed by atoms with Crippen molar-refractivity contribution in [2.75, 3.05) is 25.6 Å². The van der Waals surface area contributed by atoms with Gasteiger partial charge in [0, 0.05) is 13.7 Å².